The van der Waals surface area contributed by atoms with Crippen LogP contribution in [0.2, 0.25) is 0 Å². The highest BCUT2D eigenvalue weighted by Gasteiger charge is 2.12. The maximum absolute atomic E-state index is 12.1. The fourth-order valence-corrected chi connectivity index (χ4v) is 2.02. The number of rotatable bonds is 4. The van der Waals surface area contributed by atoms with Crippen molar-refractivity contribution in [3.63, 3.8) is 0 Å². The van der Waals surface area contributed by atoms with Crippen molar-refractivity contribution in [3.8, 4) is 0 Å². The van der Waals surface area contributed by atoms with E-state index in [-0.39, 0.29) is 5.70 Å². The number of nitrogens with one attached hydrogen (secondary N) is 1. The fourth-order valence-electron chi connectivity index (χ4n) is 2.02. The highest BCUT2D eigenvalue weighted by atomic mass is 16.4. The van der Waals surface area contributed by atoms with Gasteiger partial charge in [-0.25, -0.2) is 0 Å². The quantitative estimate of drug-likeness (QED) is 0.876. The number of hydrogen-bond donors (Lipinski definition) is 1. The summed E-state index contributed by atoms with van der Waals surface area (Å²) in [5.74, 6) is -1.89. The van der Waals surface area contributed by atoms with Crippen LogP contribution in [0, 0.1) is 6.92 Å². The molecule has 112 valence electrons. The van der Waals surface area contributed by atoms with Crippen molar-refractivity contribution in [1.82, 2.24) is 5.32 Å². The molecule has 0 aliphatic heterocycles. The standard InChI is InChI=1S/C18H17NO3/c1-12-8-10-14(11-9-12)13(2)16(18(21)22)19-17(20)15-6-4-3-5-7-15/h3-11H,1-2H3,(H,19,20)(H,21,22)/p-1/b16-13-. The minimum absolute atomic E-state index is 0.224. The summed E-state index contributed by atoms with van der Waals surface area (Å²) < 4.78 is 0. The van der Waals surface area contributed by atoms with E-state index < -0.39 is 11.9 Å². The van der Waals surface area contributed by atoms with Gasteiger partial charge in [0.05, 0.1) is 11.7 Å². The van der Waals surface area contributed by atoms with Gasteiger partial charge in [-0.15, -0.1) is 0 Å². The normalized spacial score (nSPS) is 11.5. The SMILES string of the molecule is C/C(=C(/NC(=O)c1ccccc1)C(=O)[O-])c1ccc(C)cc1. The number of benzene rings is 2. The first-order chi connectivity index (χ1) is 10.5. The summed E-state index contributed by atoms with van der Waals surface area (Å²) in [7, 11) is 0. The lowest BCUT2D eigenvalue weighted by Crippen LogP contribution is -2.36. The van der Waals surface area contributed by atoms with E-state index in [1.807, 2.05) is 31.2 Å². The zero-order chi connectivity index (χ0) is 16.1. The van der Waals surface area contributed by atoms with E-state index in [9.17, 15) is 14.7 Å². The Morgan fingerprint density at radius 3 is 2.05 bits per heavy atom. The molecule has 22 heavy (non-hydrogen) atoms. The van der Waals surface area contributed by atoms with Crippen LogP contribution in [0.15, 0.2) is 60.3 Å². The minimum Gasteiger partial charge on any atom is -0.543 e. The number of amides is 1. The summed E-state index contributed by atoms with van der Waals surface area (Å²) in [6, 6.07) is 15.8. The van der Waals surface area contributed by atoms with Crippen molar-refractivity contribution in [2.75, 3.05) is 0 Å². The Morgan fingerprint density at radius 2 is 1.50 bits per heavy atom. The summed E-state index contributed by atoms with van der Waals surface area (Å²) in [6.45, 7) is 3.58. The zero-order valence-corrected chi connectivity index (χ0v) is 12.4. The molecule has 0 radical (unpaired) electrons. The van der Waals surface area contributed by atoms with Crippen molar-refractivity contribution in [3.05, 3.63) is 77.0 Å². The second kappa shape index (κ2) is 6.72. The Bertz CT molecular complexity index is 716. The first-order valence-corrected chi connectivity index (χ1v) is 6.84. The maximum Gasteiger partial charge on any atom is 0.255 e. The molecule has 0 aliphatic carbocycles. The summed E-state index contributed by atoms with van der Waals surface area (Å²) in [4.78, 5) is 23.5. The molecule has 0 fully saturated rings. The summed E-state index contributed by atoms with van der Waals surface area (Å²) >= 11 is 0. The predicted molar refractivity (Wildman–Crippen MR) is 82.7 cm³/mol. The molecule has 0 atom stereocenters. The van der Waals surface area contributed by atoms with E-state index in [0.29, 0.717) is 11.1 Å². The molecule has 0 saturated carbocycles. The molecule has 0 bridgehead atoms. The lowest BCUT2D eigenvalue weighted by molar-refractivity contribution is -0.299. The Kier molecular flexibility index (Phi) is 4.73. The molecular weight excluding hydrogens is 278 g/mol. The zero-order valence-electron chi connectivity index (χ0n) is 12.4. The molecule has 0 aromatic heterocycles. The Hall–Kier alpha value is -2.88. The van der Waals surface area contributed by atoms with Crippen LogP contribution in [0.3, 0.4) is 0 Å². The van der Waals surface area contributed by atoms with E-state index >= 15 is 0 Å². The van der Waals surface area contributed by atoms with E-state index in [4.69, 9.17) is 0 Å². The van der Waals surface area contributed by atoms with Crippen molar-refractivity contribution >= 4 is 17.4 Å². The van der Waals surface area contributed by atoms with Gasteiger partial charge >= 0.3 is 0 Å². The minimum atomic E-state index is -1.41. The second-order valence-electron chi connectivity index (χ2n) is 4.97. The van der Waals surface area contributed by atoms with Crippen molar-refractivity contribution in [2.45, 2.75) is 13.8 Å². The number of carboxylic acid groups (broad SMARTS) is 1. The highest BCUT2D eigenvalue weighted by Crippen LogP contribution is 2.17. The van der Waals surface area contributed by atoms with Crippen LogP contribution in [0.25, 0.3) is 5.57 Å². The molecule has 0 spiro atoms. The Balaban J connectivity index is 2.33. The van der Waals surface area contributed by atoms with Gasteiger partial charge in [0.2, 0.25) is 0 Å². The van der Waals surface area contributed by atoms with Gasteiger partial charge in [0.15, 0.2) is 0 Å². The fraction of sp³-hybridized carbons (Fsp3) is 0.111. The molecule has 1 N–H and O–H groups in total. The smallest absolute Gasteiger partial charge is 0.255 e. The van der Waals surface area contributed by atoms with Gasteiger partial charge in [-0.3, -0.25) is 4.79 Å². The lowest BCUT2D eigenvalue weighted by Gasteiger charge is -2.15. The van der Waals surface area contributed by atoms with Gasteiger partial charge in [-0.1, -0.05) is 48.0 Å². The van der Waals surface area contributed by atoms with Crippen LogP contribution in [0.4, 0.5) is 0 Å². The van der Waals surface area contributed by atoms with Gasteiger partial charge in [-0.2, -0.15) is 0 Å². The predicted octanol–water partition coefficient (Wildman–Crippen LogP) is 1.91. The molecule has 0 heterocycles. The first-order valence-electron chi connectivity index (χ1n) is 6.84. The number of carboxylic acids is 1. The third-order valence-corrected chi connectivity index (χ3v) is 3.34. The molecule has 4 heteroatoms. The molecule has 2 rings (SSSR count). The number of aryl methyl sites for hydroxylation is 1. The second-order valence-corrected chi connectivity index (χ2v) is 4.97. The van der Waals surface area contributed by atoms with Crippen molar-refractivity contribution in [1.29, 1.82) is 0 Å². The average Bonchev–Trinajstić information content (AvgIpc) is 2.53. The van der Waals surface area contributed by atoms with E-state index in [1.54, 1.807) is 37.3 Å². The van der Waals surface area contributed by atoms with Crippen LogP contribution in [0.1, 0.15) is 28.4 Å². The van der Waals surface area contributed by atoms with E-state index in [1.165, 1.54) is 0 Å². The third kappa shape index (κ3) is 3.61. The summed E-state index contributed by atoms with van der Waals surface area (Å²) in [6.07, 6.45) is 0. The largest absolute Gasteiger partial charge is 0.543 e. The topological polar surface area (TPSA) is 69.2 Å². The maximum atomic E-state index is 12.1. The molecule has 1 amide bonds. The Labute approximate surface area is 129 Å². The van der Waals surface area contributed by atoms with E-state index in [2.05, 4.69) is 5.32 Å². The van der Waals surface area contributed by atoms with Crippen LogP contribution in [-0.4, -0.2) is 11.9 Å². The molecule has 4 nitrogen and oxygen atoms in total. The van der Waals surface area contributed by atoms with Gasteiger partial charge in [-0.05, 0) is 37.1 Å². The van der Waals surface area contributed by atoms with E-state index in [0.717, 1.165) is 11.1 Å². The molecule has 0 saturated heterocycles. The summed E-state index contributed by atoms with van der Waals surface area (Å²) in [5.41, 5.74) is 2.40. The van der Waals surface area contributed by atoms with Crippen LogP contribution in [-0.2, 0) is 4.79 Å². The summed E-state index contributed by atoms with van der Waals surface area (Å²) in [5, 5.41) is 13.8. The number of aliphatic carboxylic acids is 1. The number of carbonyl (C=O) groups is 2. The number of hydrogen-bond acceptors (Lipinski definition) is 3. The highest BCUT2D eigenvalue weighted by molar-refractivity contribution is 6.03. The number of allylic oxidation sites excluding steroid dienone is 1. The lowest BCUT2D eigenvalue weighted by atomic mass is 10.0. The van der Waals surface area contributed by atoms with Gasteiger partial charge < -0.3 is 15.2 Å². The van der Waals surface area contributed by atoms with Gasteiger partial charge in [0, 0.05) is 5.56 Å². The van der Waals surface area contributed by atoms with Gasteiger partial charge in [0.1, 0.15) is 0 Å². The molecular formula is C18H16NO3-. The first kappa shape index (κ1) is 15.5. The third-order valence-electron chi connectivity index (χ3n) is 3.34. The van der Waals surface area contributed by atoms with Gasteiger partial charge in [0.25, 0.3) is 5.91 Å². The van der Waals surface area contributed by atoms with Crippen LogP contribution < -0.4 is 10.4 Å². The average molecular weight is 294 g/mol. The van der Waals surface area contributed by atoms with Crippen molar-refractivity contribution in [2.24, 2.45) is 0 Å². The molecule has 2 aromatic carbocycles. The molecule has 0 aliphatic rings. The number of carbonyl (C=O) groups excluding carboxylic acids is 2. The Morgan fingerprint density at radius 1 is 0.909 bits per heavy atom. The van der Waals surface area contributed by atoms with Crippen LogP contribution >= 0.6 is 0 Å². The monoisotopic (exact) mass is 294 g/mol. The molecule has 0 unspecified atom stereocenters. The van der Waals surface area contributed by atoms with Crippen molar-refractivity contribution < 1.29 is 14.7 Å². The molecule has 2 aromatic rings. The van der Waals surface area contributed by atoms with Crippen LogP contribution in [0.5, 0.6) is 0 Å².